The van der Waals surface area contributed by atoms with E-state index in [1.54, 1.807) is 6.92 Å². The van der Waals surface area contributed by atoms with Crippen molar-refractivity contribution >= 4 is 26.5 Å². The van der Waals surface area contributed by atoms with Crippen LogP contribution in [0.25, 0.3) is 0 Å². The largest absolute Gasteiger partial charge is 0.263 e. The molecule has 0 saturated carbocycles. The van der Waals surface area contributed by atoms with Crippen molar-refractivity contribution in [2.75, 3.05) is 4.72 Å². The Hall–Kier alpha value is -1.91. The average Bonchev–Trinajstić information content (AvgIpc) is 2.99. The Morgan fingerprint density at radius 3 is 2.86 bits per heavy atom. The predicted molar refractivity (Wildman–Crippen MR) is 80.8 cm³/mol. The van der Waals surface area contributed by atoms with Gasteiger partial charge in [-0.3, -0.25) is 4.72 Å². The third-order valence-corrected chi connectivity index (χ3v) is 5.98. The van der Waals surface area contributed by atoms with Crippen LogP contribution < -0.4 is 4.72 Å². The zero-order chi connectivity index (χ0) is 15.0. The van der Waals surface area contributed by atoms with Gasteiger partial charge in [0.05, 0.1) is 22.2 Å². The fraction of sp³-hybridized carbons (Fsp3) is 0.286. The number of rotatable bonds is 3. The van der Waals surface area contributed by atoms with E-state index >= 15 is 0 Å². The van der Waals surface area contributed by atoms with Crippen molar-refractivity contribution < 1.29 is 8.42 Å². The summed E-state index contributed by atoms with van der Waals surface area (Å²) < 4.78 is 27.2. The number of benzene rings is 1. The molecule has 1 heterocycles. The zero-order valence-corrected chi connectivity index (χ0v) is 13.0. The fourth-order valence-electron chi connectivity index (χ4n) is 2.34. The van der Waals surface area contributed by atoms with Crippen LogP contribution >= 0.6 is 11.3 Å². The van der Waals surface area contributed by atoms with Gasteiger partial charge in [-0.05, 0) is 49.9 Å². The first kappa shape index (κ1) is 14.0. The number of hydrogen-bond donors (Lipinski definition) is 1. The summed E-state index contributed by atoms with van der Waals surface area (Å²) in [7, 11) is -3.66. The molecule has 1 aliphatic rings. The number of aromatic nitrogens is 1. The molecule has 0 atom stereocenters. The molecule has 0 fully saturated rings. The van der Waals surface area contributed by atoms with Crippen LogP contribution in [0.2, 0.25) is 0 Å². The second-order valence-electron chi connectivity index (χ2n) is 4.94. The lowest BCUT2D eigenvalue weighted by Crippen LogP contribution is -2.13. The number of nitriles is 1. The Bertz CT molecular complexity index is 826. The summed E-state index contributed by atoms with van der Waals surface area (Å²) >= 11 is 1.40. The maximum absolute atomic E-state index is 12.4. The molecule has 1 aliphatic carbocycles. The summed E-state index contributed by atoms with van der Waals surface area (Å²) in [6, 6.07) is 6.49. The van der Waals surface area contributed by atoms with E-state index < -0.39 is 10.0 Å². The molecule has 0 unspecified atom stereocenters. The van der Waals surface area contributed by atoms with Crippen LogP contribution in [0.3, 0.4) is 0 Å². The van der Waals surface area contributed by atoms with Gasteiger partial charge in [0.25, 0.3) is 10.0 Å². The lowest BCUT2D eigenvalue weighted by molar-refractivity contribution is 0.601. The van der Waals surface area contributed by atoms with Crippen molar-refractivity contribution in [2.24, 2.45) is 0 Å². The third-order valence-electron chi connectivity index (χ3n) is 3.45. The third kappa shape index (κ3) is 2.64. The normalized spacial score (nSPS) is 13.7. The summed E-state index contributed by atoms with van der Waals surface area (Å²) in [5.41, 5.74) is 2.12. The maximum atomic E-state index is 12.4. The van der Waals surface area contributed by atoms with Crippen molar-refractivity contribution in [3.63, 3.8) is 0 Å². The Morgan fingerprint density at radius 1 is 1.38 bits per heavy atom. The van der Waals surface area contributed by atoms with Crippen molar-refractivity contribution in [1.82, 2.24) is 4.98 Å². The maximum Gasteiger partial charge on any atom is 0.263 e. The molecule has 1 aromatic heterocycles. The van der Waals surface area contributed by atoms with E-state index in [2.05, 4.69) is 9.71 Å². The number of hydrogen-bond acceptors (Lipinski definition) is 5. The summed E-state index contributed by atoms with van der Waals surface area (Å²) in [5, 5.41) is 9.31. The molecular weight excluding hydrogens is 306 g/mol. The molecule has 1 N–H and O–H groups in total. The van der Waals surface area contributed by atoms with Gasteiger partial charge in [0.2, 0.25) is 0 Å². The molecule has 0 bridgehead atoms. The summed E-state index contributed by atoms with van der Waals surface area (Å²) in [6.07, 6.45) is 2.99. The van der Waals surface area contributed by atoms with E-state index in [-0.39, 0.29) is 4.90 Å². The van der Waals surface area contributed by atoms with Gasteiger partial charge in [-0.1, -0.05) is 0 Å². The molecule has 7 heteroatoms. The molecule has 1 aromatic carbocycles. The molecule has 0 spiro atoms. The van der Waals surface area contributed by atoms with Crippen LogP contribution in [0.15, 0.2) is 23.1 Å². The molecular formula is C14H13N3O2S2. The van der Waals surface area contributed by atoms with Crippen molar-refractivity contribution in [1.29, 1.82) is 5.26 Å². The first-order chi connectivity index (χ1) is 9.99. The second-order valence-corrected chi connectivity index (χ2v) is 7.70. The fourth-order valence-corrected chi connectivity index (χ4v) is 4.71. The van der Waals surface area contributed by atoms with Crippen LogP contribution in [0.1, 0.15) is 28.1 Å². The van der Waals surface area contributed by atoms with E-state index in [1.807, 2.05) is 6.07 Å². The highest BCUT2D eigenvalue weighted by atomic mass is 32.2. The minimum atomic E-state index is -3.66. The van der Waals surface area contributed by atoms with Crippen LogP contribution in [0, 0.1) is 18.3 Å². The van der Waals surface area contributed by atoms with Crippen LogP contribution in [-0.4, -0.2) is 13.4 Å². The molecule has 0 saturated heterocycles. The number of nitrogens with one attached hydrogen (secondary N) is 1. The quantitative estimate of drug-likeness (QED) is 0.942. The van der Waals surface area contributed by atoms with E-state index in [0.717, 1.165) is 25.0 Å². The number of sulfonamides is 1. The van der Waals surface area contributed by atoms with E-state index in [1.165, 1.54) is 34.4 Å². The van der Waals surface area contributed by atoms with Gasteiger partial charge in [-0.15, -0.1) is 11.3 Å². The summed E-state index contributed by atoms with van der Waals surface area (Å²) in [5.74, 6) is 0. The van der Waals surface area contributed by atoms with E-state index in [9.17, 15) is 8.42 Å². The van der Waals surface area contributed by atoms with Gasteiger partial charge in [-0.2, -0.15) is 5.26 Å². The van der Waals surface area contributed by atoms with E-state index in [0.29, 0.717) is 16.3 Å². The number of aryl methyl sites for hydroxylation is 3. The SMILES string of the molecule is Cc1cc(S(=O)(=O)Nc2nc3c(s2)CCC3)ccc1C#N. The zero-order valence-electron chi connectivity index (χ0n) is 11.4. The summed E-state index contributed by atoms with van der Waals surface area (Å²) in [6.45, 7) is 1.72. The van der Waals surface area contributed by atoms with Crippen LogP contribution in [0.4, 0.5) is 5.13 Å². The van der Waals surface area contributed by atoms with Gasteiger partial charge in [-0.25, -0.2) is 13.4 Å². The number of nitrogens with zero attached hydrogens (tertiary/aromatic N) is 2. The van der Waals surface area contributed by atoms with Crippen LogP contribution in [-0.2, 0) is 22.9 Å². The predicted octanol–water partition coefficient (Wildman–Crippen LogP) is 2.61. The Balaban J connectivity index is 1.89. The first-order valence-electron chi connectivity index (χ1n) is 6.52. The minimum Gasteiger partial charge on any atom is -0.255 e. The molecule has 0 aliphatic heterocycles. The highest BCUT2D eigenvalue weighted by Gasteiger charge is 2.21. The highest BCUT2D eigenvalue weighted by molar-refractivity contribution is 7.93. The molecule has 0 amide bonds. The van der Waals surface area contributed by atoms with Crippen LogP contribution in [0.5, 0.6) is 0 Å². The number of fused-ring (bicyclic) bond motifs is 1. The minimum absolute atomic E-state index is 0.148. The van der Waals surface area contributed by atoms with Gasteiger partial charge < -0.3 is 0 Å². The standard InChI is InChI=1S/C14H13N3O2S2/c1-9-7-11(6-5-10(9)8-15)21(18,19)17-14-16-12-3-2-4-13(12)20-14/h5-7H,2-4H2,1H3,(H,16,17). The molecule has 5 nitrogen and oxygen atoms in total. The number of thiazole rings is 1. The molecule has 3 rings (SSSR count). The van der Waals surface area contributed by atoms with Gasteiger partial charge >= 0.3 is 0 Å². The topological polar surface area (TPSA) is 82.8 Å². The smallest absolute Gasteiger partial charge is 0.255 e. The highest BCUT2D eigenvalue weighted by Crippen LogP contribution is 2.31. The van der Waals surface area contributed by atoms with Gasteiger partial charge in [0.15, 0.2) is 5.13 Å². The van der Waals surface area contributed by atoms with Crippen molar-refractivity contribution in [2.45, 2.75) is 31.1 Å². The monoisotopic (exact) mass is 319 g/mol. The lowest BCUT2D eigenvalue weighted by Gasteiger charge is -2.06. The Labute approximate surface area is 127 Å². The van der Waals surface area contributed by atoms with Crippen molar-refractivity contribution in [3.8, 4) is 6.07 Å². The second kappa shape index (κ2) is 5.13. The summed E-state index contributed by atoms with van der Waals surface area (Å²) in [4.78, 5) is 5.65. The molecule has 108 valence electrons. The number of anilines is 1. The molecule has 21 heavy (non-hydrogen) atoms. The molecule has 2 aromatic rings. The lowest BCUT2D eigenvalue weighted by atomic mass is 10.1. The van der Waals surface area contributed by atoms with Crippen molar-refractivity contribution in [3.05, 3.63) is 39.9 Å². The average molecular weight is 319 g/mol. The van der Waals surface area contributed by atoms with E-state index in [4.69, 9.17) is 5.26 Å². The first-order valence-corrected chi connectivity index (χ1v) is 8.82. The molecule has 0 radical (unpaired) electrons. The Morgan fingerprint density at radius 2 is 2.19 bits per heavy atom. The Kier molecular flexibility index (Phi) is 3.43. The van der Waals surface area contributed by atoms with Gasteiger partial charge in [0.1, 0.15) is 0 Å². The van der Waals surface area contributed by atoms with Gasteiger partial charge in [0, 0.05) is 4.88 Å².